The first-order valence-corrected chi connectivity index (χ1v) is 5.92. The summed E-state index contributed by atoms with van der Waals surface area (Å²) in [4.78, 5) is 4.34. The van der Waals surface area contributed by atoms with Gasteiger partial charge in [0.1, 0.15) is 5.60 Å². The Hall–Kier alpha value is -1.10. The maximum absolute atomic E-state index is 5.69. The molecule has 0 saturated heterocycles. The number of nitrogens with zero attached hydrogens (tertiary/aromatic N) is 2. The Kier molecular flexibility index (Phi) is 3.14. The van der Waals surface area contributed by atoms with Crippen LogP contribution in [0.15, 0.2) is 4.52 Å². The molecule has 0 aliphatic heterocycles. The van der Waals surface area contributed by atoms with Crippen molar-refractivity contribution in [1.29, 1.82) is 0 Å². The smallest absolute Gasteiger partial charge is 0.321 e. The molecule has 5 nitrogen and oxygen atoms in total. The summed E-state index contributed by atoms with van der Waals surface area (Å²) in [5, 5.41) is 7.16. The molecule has 1 N–H and O–H groups in total. The molecular formula is C11H19N3O2. The summed E-state index contributed by atoms with van der Waals surface area (Å²) in [5.74, 6) is 0.625. The number of nitrogens with one attached hydrogen (secondary N) is 1. The van der Waals surface area contributed by atoms with Gasteiger partial charge in [0.05, 0.1) is 0 Å². The van der Waals surface area contributed by atoms with Crippen LogP contribution in [0.1, 0.15) is 45.9 Å². The van der Waals surface area contributed by atoms with Gasteiger partial charge >= 0.3 is 6.01 Å². The predicted molar refractivity (Wildman–Crippen MR) is 60.2 cm³/mol. The van der Waals surface area contributed by atoms with Crippen LogP contribution in [0.3, 0.4) is 0 Å². The molecule has 90 valence electrons. The molecule has 1 saturated carbocycles. The molecule has 0 spiro atoms. The molecule has 1 fully saturated rings. The van der Waals surface area contributed by atoms with Crippen molar-refractivity contribution in [3.05, 3.63) is 5.82 Å². The van der Waals surface area contributed by atoms with E-state index in [1.165, 1.54) is 12.8 Å². The molecule has 0 amide bonds. The molecule has 1 aliphatic carbocycles. The number of aromatic nitrogens is 2. The number of ether oxygens (including phenoxy) is 1. The van der Waals surface area contributed by atoms with Crippen molar-refractivity contribution in [2.75, 3.05) is 11.9 Å². The van der Waals surface area contributed by atoms with Crippen molar-refractivity contribution in [2.24, 2.45) is 0 Å². The van der Waals surface area contributed by atoms with Crippen LogP contribution in [0.25, 0.3) is 0 Å². The average molecular weight is 225 g/mol. The number of rotatable bonds is 6. The van der Waals surface area contributed by atoms with Crippen LogP contribution in [0.5, 0.6) is 0 Å². The van der Waals surface area contributed by atoms with Crippen molar-refractivity contribution < 1.29 is 9.26 Å². The van der Waals surface area contributed by atoms with E-state index in [1.54, 1.807) is 0 Å². The van der Waals surface area contributed by atoms with Crippen LogP contribution in [0, 0.1) is 0 Å². The van der Waals surface area contributed by atoms with Gasteiger partial charge in [-0.05, 0) is 33.1 Å². The van der Waals surface area contributed by atoms with E-state index < -0.39 is 5.60 Å². The highest BCUT2D eigenvalue weighted by molar-refractivity contribution is 5.24. The maximum Gasteiger partial charge on any atom is 0.321 e. The maximum atomic E-state index is 5.69. The van der Waals surface area contributed by atoms with E-state index in [0.29, 0.717) is 24.5 Å². The molecule has 1 atom stereocenters. The van der Waals surface area contributed by atoms with Gasteiger partial charge < -0.3 is 14.6 Å². The number of hydrogen-bond acceptors (Lipinski definition) is 5. The van der Waals surface area contributed by atoms with E-state index in [4.69, 9.17) is 9.26 Å². The topological polar surface area (TPSA) is 60.2 Å². The second-order valence-corrected chi connectivity index (χ2v) is 4.36. The van der Waals surface area contributed by atoms with Gasteiger partial charge in [0.15, 0.2) is 0 Å². The molecule has 16 heavy (non-hydrogen) atoms. The Balaban J connectivity index is 2.08. The quantitative estimate of drug-likeness (QED) is 0.805. The largest absolute Gasteiger partial charge is 0.367 e. The van der Waals surface area contributed by atoms with Crippen LogP contribution in [-0.2, 0) is 10.3 Å². The van der Waals surface area contributed by atoms with Gasteiger partial charge in [0.2, 0.25) is 5.82 Å². The molecule has 1 aliphatic rings. The third-order valence-corrected chi connectivity index (χ3v) is 2.94. The molecule has 0 radical (unpaired) electrons. The standard InChI is InChI=1S/C11H19N3O2/c1-4-11(3,15-5-2)9-13-10(16-14-9)12-8-6-7-8/h8H,4-7H2,1-3H3,(H,12,13,14). The van der Waals surface area contributed by atoms with E-state index in [9.17, 15) is 0 Å². The van der Waals surface area contributed by atoms with Gasteiger partial charge in [-0.25, -0.2) is 0 Å². The summed E-state index contributed by atoms with van der Waals surface area (Å²) in [5.41, 5.74) is -0.443. The predicted octanol–water partition coefficient (Wildman–Crippen LogP) is 2.31. The lowest BCUT2D eigenvalue weighted by Gasteiger charge is -2.23. The first kappa shape index (κ1) is 11.4. The van der Waals surface area contributed by atoms with E-state index in [1.807, 2.05) is 13.8 Å². The van der Waals surface area contributed by atoms with Gasteiger partial charge in [-0.15, -0.1) is 0 Å². The van der Waals surface area contributed by atoms with Crippen LogP contribution in [0.4, 0.5) is 6.01 Å². The lowest BCUT2D eigenvalue weighted by atomic mass is 10.0. The molecule has 1 aromatic rings. The van der Waals surface area contributed by atoms with Crippen molar-refractivity contribution in [3.8, 4) is 0 Å². The fourth-order valence-electron chi connectivity index (χ4n) is 1.54. The lowest BCUT2D eigenvalue weighted by Crippen LogP contribution is -2.26. The van der Waals surface area contributed by atoms with Gasteiger partial charge in [0, 0.05) is 12.6 Å². The first-order valence-electron chi connectivity index (χ1n) is 5.92. The van der Waals surface area contributed by atoms with Crippen LogP contribution in [-0.4, -0.2) is 22.8 Å². The second-order valence-electron chi connectivity index (χ2n) is 4.36. The van der Waals surface area contributed by atoms with E-state index in [0.717, 1.165) is 6.42 Å². The first-order chi connectivity index (χ1) is 7.68. The SMILES string of the molecule is CCOC(C)(CC)c1noc(NC2CC2)n1. The van der Waals surface area contributed by atoms with E-state index in [2.05, 4.69) is 22.4 Å². The summed E-state index contributed by atoms with van der Waals surface area (Å²) in [6, 6.07) is 1.03. The van der Waals surface area contributed by atoms with Crippen molar-refractivity contribution >= 4 is 6.01 Å². The molecule has 1 unspecified atom stereocenters. The highest BCUT2D eigenvalue weighted by Crippen LogP contribution is 2.29. The third kappa shape index (κ3) is 2.35. The highest BCUT2D eigenvalue weighted by atomic mass is 16.5. The molecule has 0 aromatic carbocycles. The molecule has 1 heterocycles. The van der Waals surface area contributed by atoms with Crippen molar-refractivity contribution in [2.45, 2.75) is 51.7 Å². The third-order valence-electron chi connectivity index (χ3n) is 2.94. The van der Waals surface area contributed by atoms with Gasteiger partial charge in [-0.2, -0.15) is 4.98 Å². The molecule has 5 heteroatoms. The van der Waals surface area contributed by atoms with Gasteiger partial charge in [-0.3, -0.25) is 0 Å². The molecule has 2 rings (SSSR count). The Morgan fingerprint density at radius 3 is 2.81 bits per heavy atom. The monoisotopic (exact) mass is 225 g/mol. The minimum atomic E-state index is -0.443. The van der Waals surface area contributed by atoms with Crippen molar-refractivity contribution in [1.82, 2.24) is 10.1 Å². The number of anilines is 1. The number of hydrogen-bond donors (Lipinski definition) is 1. The van der Waals surface area contributed by atoms with Crippen LogP contribution < -0.4 is 5.32 Å². The highest BCUT2D eigenvalue weighted by Gasteiger charge is 2.32. The zero-order valence-corrected chi connectivity index (χ0v) is 10.1. The lowest BCUT2D eigenvalue weighted by molar-refractivity contribution is -0.0403. The Labute approximate surface area is 95.6 Å². The fourth-order valence-corrected chi connectivity index (χ4v) is 1.54. The Morgan fingerprint density at radius 1 is 1.50 bits per heavy atom. The summed E-state index contributed by atoms with van der Waals surface area (Å²) < 4.78 is 10.8. The minimum Gasteiger partial charge on any atom is -0.367 e. The molecule has 1 aromatic heterocycles. The summed E-state index contributed by atoms with van der Waals surface area (Å²) >= 11 is 0. The molecular weight excluding hydrogens is 206 g/mol. The van der Waals surface area contributed by atoms with Crippen molar-refractivity contribution in [3.63, 3.8) is 0 Å². The normalized spacial score (nSPS) is 19.4. The summed E-state index contributed by atoms with van der Waals surface area (Å²) in [6.45, 7) is 6.66. The van der Waals surface area contributed by atoms with Gasteiger partial charge in [-0.1, -0.05) is 12.1 Å². The average Bonchev–Trinajstić information content (AvgIpc) is 2.94. The fraction of sp³-hybridized carbons (Fsp3) is 0.818. The second kappa shape index (κ2) is 4.41. The Morgan fingerprint density at radius 2 is 2.25 bits per heavy atom. The Bertz CT molecular complexity index is 349. The van der Waals surface area contributed by atoms with Gasteiger partial charge in [0.25, 0.3) is 0 Å². The zero-order chi connectivity index (χ0) is 11.6. The minimum absolute atomic E-state index is 0.443. The summed E-state index contributed by atoms with van der Waals surface area (Å²) in [6.07, 6.45) is 3.20. The van der Waals surface area contributed by atoms with Crippen LogP contribution in [0.2, 0.25) is 0 Å². The van der Waals surface area contributed by atoms with E-state index in [-0.39, 0.29) is 0 Å². The zero-order valence-electron chi connectivity index (χ0n) is 10.1. The van der Waals surface area contributed by atoms with Crippen LogP contribution >= 0.6 is 0 Å². The summed E-state index contributed by atoms with van der Waals surface area (Å²) in [7, 11) is 0. The van der Waals surface area contributed by atoms with E-state index >= 15 is 0 Å². The molecule has 0 bridgehead atoms.